The van der Waals surface area contributed by atoms with Gasteiger partial charge in [0.15, 0.2) is 5.78 Å². The maximum absolute atomic E-state index is 12.4. The molecule has 0 aromatic heterocycles. The fourth-order valence-electron chi connectivity index (χ4n) is 6.41. The molecule has 0 aromatic carbocycles. The quantitative estimate of drug-likeness (QED) is 0.808. The summed E-state index contributed by atoms with van der Waals surface area (Å²) in [7, 11) is 0. The Hall–Kier alpha value is -1.22. The highest BCUT2D eigenvalue weighted by Crippen LogP contribution is 2.64. The summed E-state index contributed by atoms with van der Waals surface area (Å²) in [5.41, 5.74) is 1.80. The van der Waals surface area contributed by atoms with Crippen molar-refractivity contribution in [3.63, 3.8) is 0 Å². The first-order valence-electron chi connectivity index (χ1n) is 9.01. The fourth-order valence-corrected chi connectivity index (χ4v) is 6.41. The van der Waals surface area contributed by atoms with Crippen LogP contribution in [0, 0.1) is 28.6 Å². The molecule has 0 saturated heterocycles. The van der Waals surface area contributed by atoms with E-state index in [2.05, 4.69) is 13.8 Å². The molecular formula is C20H26O3. The summed E-state index contributed by atoms with van der Waals surface area (Å²) in [6.45, 7) is 4.37. The first-order chi connectivity index (χ1) is 10.9. The van der Waals surface area contributed by atoms with Crippen molar-refractivity contribution in [2.24, 2.45) is 28.6 Å². The number of fused-ring (bicyclic) bond motifs is 5. The van der Waals surface area contributed by atoms with Crippen molar-refractivity contribution in [2.45, 2.75) is 52.4 Å². The largest absolute Gasteiger partial charge is 0.392 e. The SMILES string of the molecule is C[C@]12C(CO)=CC(=O)C=C1CC[C@@H]1[C@@H]2CC[C@]2(C)C(=O)CC[C@@H]12. The Morgan fingerprint density at radius 2 is 1.87 bits per heavy atom. The first-order valence-corrected chi connectivity index (χ1v) is 9.01. The second-order valence-electron chi connectivity index (χ2n) is 8.44. The third kappa shape index (κ3) is 1.86. The van der Waals surface area contributed by atoms with Gasteiger partial charge in [-0.3, -0.25) is 9.59 Å². The average molecular weight is 314 g/mol. The van der Waals surface area contributed by atoms with E-state index in [1.54, 1.807) is 6.08 Å². The van der Waals surface area contributed by atoms with Gasteiger partial charge in [-0.1, -0.05) is 19.4 Å². The summed E-state index contributed by atoms with van der Waals surface area (Å²) in [6.07, 6.45) is 9.25. The van der Waals surface area contributed by atoms with Gasteiger partial charge in [-0.05, 0) is 67.6 Å². The van der Waals surface area contributed by atoms with Crippen LogP contribution in [0.1, 0.15) is 52.4 Å². The van der Waals surface area contributed by atoms with Crippen molar-refractivity contribution in [2.75, 3.05) is 6.61 Å². The van der Waals surface area contributed by atoms with E-state index in [0.29, 0.717) is 23.5 Å². The van der Waals surface area contributed by atoms with Gasteiger partial charge in [0.2, 0.25) is 0 Å². The van der Waals surface area contributed by atoms with Gasteiger partial charge in [0.05, 0.1) is 6.61 Å². The summed E-state index contributed by atoms with van der Waals surface area (Å²) >= 11 is 0. The molecule has 1 N–H and O–H groups in total. The van der Waals surface area contributed by atoms with Crippen molar-refractivity contribution >= 4 is 11.6 Å². The summed E-state index contributed by atoms with van der Waals surface area (Å²) in [4.78, 5) is 24.4. The second kappa shape index (κ2) is 4.89. The van der Waals surface area contributed by atoms with Crippen LogP contribution in [-0.2, 0) is 9.59 Å². The molecule has 4 rings (SSSR count). The molecule has 3 saturated carbocycles. The van der Waals surface area contributed by atoms with Crippen molar-refractivity contribution < 1.29 is 14.7 Å². The number of rotatable bonds is 1. The summed E-state index contributed by atoms with van der Waals surface area (Å²) < 4.78 is 0. The number of carbonyl (C=O) groups is 2. The molecule has 0 aromatic rings. The summed E-state index contributed by atoms with van der Waals surface area (Å²) in [5.74, 6) is 1.98. The molecule has 0 amide bonds. The van der Waals surface area contributed by atoms with Crippen molar-refractivity contribution in [3.8, 4) is 0 Å². The Balaban J connectivity index is 1.76. The molecule has 3 fully saturated rings. The Kier molecular flexibility index (Phi) is 3.26. The Labute approximate surface area is 137 Å². The van der Waals surface area contributed by atoms with Crippen LogP contribution in [0.15, 0.2) is 23.3 Å². The fraction of sp³-hybridized carbons (Fsp3) is 0.700. The Morgan fingerprint density at radius 3 is 2.61 bits per heavy atom. The minimum atomic E-state index is -0.182. The van der Waals surface area contributed by atoms with Crippen molar-refractivity contribution in [1.82, 2.24) is 0 Å². The van der Waals surface area contributed by atoms with E-state index in [1.165, 1.54) is 5.57 Å². The van der Waals surface area contributed by atoms with Crippen LogP contribution in [0.4, 0.5) is 0 Å². The lowest BCUT2D eigenvalue weighted by Gasteiger charge is -2.57. The van der Waals surface area contributed by atoms with E-state index >= 15 is 0 Å². The van der Waals surface area contributed by atoms with Gasteiger partial charge in [-0.2, -0.15) is 0 Å². The van der Waals surface area contributed by atoms with Gasteiger partial charge in [-0.25, -0.2) is 0 Å². The summed E-state index contributed by atoms with van der Waals surface area (Å²) in [5, 5.41) is 9.88. The van der Waals surface area contributed by atoms with Crippen LogP contribution in [0.5, 0.6) is 0 Å². The number of aliphatic hydroxyl groups excluding tert-OH is 1. The normalized spacial score (nSPS) is 45.8. The van der Waals surface area contributed by atoms with Gasteiger partial charge < -0.3 is 5.11 Å². The van der Waals surface area contributed by atoms with E-state index in [0.717, 1.165) is 44.1 Å². The van der Waals surface area contributed by atoms with Crippen LogP contribution in [-0.4, -0.2) is 23.3 Å². The van der Waals surface area contributed by atoms with E-state index < -0.39 is 0 Å². The van der Waals surface area contributed by atoms with E-state index in [4.69, 9.17) is 0 Å². The zero-order valence-corrected chi connectivity index (χ0v) is 14.1. The number of Topliss-reactive ketones (excluding diaryl/α,β-unsaturated/α-hetero) is 1. The molecule has 0 bridgehead atoms. The maximum Gasteiger partial charge on any atom is 0.178 e. The summed E-state index contributed by atoms with van der Waals surface area (Å²) in [6, 6.07) is 0. The number of hydrogen-bond donors (Lipinski definition) is 1. The number of allylic oxidation sites excluding steroid dienone is 3. The predicted molar refractivity (Wildman–Crippen MR) is 87.7 cm³/mol. The minimum Gasteiger partial charge on any atom is -0.392 e. The number of ketones is 2. The predicted octanol–water partition coefficient (Wildman–Crippen LogP) is 3.23. The Bertz CT molecular complexity index is 625. The van der Waals surface area contributed by atoms with E-state index in [1.807, 2.05) is 6.08 Å². The molecule has 5 atom stereocenters. The molecule has 4 aliphatic rings. The van der Waals surface area contributed by atoms with E-state index in [-0.39, 0.29) is 23.2 Å². The topological polar surface area (TPSA) is 54.4 Å². The molecule has 4 aliphatic carbocycles. The molecule has 0 spiro atoms. The lowest BCUT2D eigenvalue weighted by molar-refractivity contribution is -0.131. The molecule has 124 valence electrons. The molecule has 0 heterocycles. The number of carbonyl (C=O) groups excluding carboxylic acids is 2. The molecule has 23 heavy (non-hydrogen) atoms. The van der Waals surface area contributed by atoms with Gasteiger partial charge in [0, 0.05) is 17.3 Å². The number of aliphatic hydroxyl groups is 1. The van der Waals surface area contributed by atoms with Crippen LogP contribution in [0.3, 0.4) is 0 Å². The molecular weight excluding hydrogens is 288 g/mol. The van der Waals surface area contributed by atoms with Crippen molar-refractivity contribution in [1.29, 1.82) is 0 Å². The smallest absolute Gasteiger partial charge is 0.178 e. The standard InChI is InChI=1S/C20H26O3/c1-19-8-7-17-15(16(19)5-6-18(19)23)4-3-12-9-14(22)10-13(11-21)20(12,17)2/h9-10,15-17,21H,3-8,11H2,1-2H3/t15-,16-,17-,19-,20+/m0/s1. The third-order valence-corrected chi connectivity index (χ3v) is 7.77. The van der Waals surface area contributed by atoms with Crippen LogP contribution in [0.2, 0.25) is 0 Å². The van der Waals surface area contributed by atoms with E-state index in [9.17, 15) is 14.7 Å². The van der Waals surface area contributed by atoms with Gasteiger partial charge in [0.1, 0.15) is 5.78 Å². The highest BCUT2D eigenvalue weighted by Gasteiger charge is 2.59. The highest BCUT2D eigenvalue weighted by atomic mass is 16.3. The van der Waals surface area contributed by atoms with Crippen molar-refractivity contribution in [3.05, 3.63) is 23.3 Å². The molecule has 0 unspecified atom stereocenters. The molecule has 0 radical (unpaired) electrons. The molecule has 3 heteroatoms. The molecule has 3 nitrogen and oxygen atoms in total. The minimum absolute atomic E-state index is 0.0247. The first kappa shape index (κ1) is 15.3. The Morgan fingerprint density at radius 1 is 1.09 bits per heavy atom. The van der Waals surface area contributed by atoms with Gasteiger partial charge in [0.25, 0.3) is 0 Å². The van der Waals surface area contributed by atoms with Crippen LogP contribution >= 0.6 is 0 Å². The van der Waals surface area contributed by atoms with Gasteiger partial charge >= 0.3 is 0 Å². The zero-order valence-electron chi connectivity index (χ0n) is 14.1. The average Bonchev–Trinajstić information content (AvgIpc) is 2.83. The second-order valence-corrected chi connectivity index (χ2v) is 8.44. The zero-order chi connectivity index (χ0) is 16.4. The maximum atomic E-state index is 12.4. The third-order valence-electron chi connectivity index (χ3n) is 7.77. The lowest BCUT2D eigenvalue weighted by Crippen LogP contribution is -2.51. The van der Waals surface area contributed by atoms with Crippen LogP contribution < -0.4 is 0 Å². The lowest BCUT2D eigenvalue weighted by atomic mass is 9.47. The number of hydrogen-bond acceptors (Lipinski definition) is 3. The van der Waals surface area contributed by atoms with Crippen LogP contribution in [0.25, 0.3) is 0 Å². The highest BCUT2D eigenvalue weighted by molar-refractivity contribution is 6.02. The monoisotopic (exact) mass is 314 g/mol. The molecule has 0 aliphatic heterocycles. The van der Waals surface area contributed by atoms with Gasteiger partial charge in [-0.15, -0.1) is 0 Å².